The van der Waals surface area contributed by atoms with Gasteiger partial charge in [0.25, 0.3) is 0 Å². The molecule has 53 heavy (non-hydrogen) atoms. The molecule has 1 saturated heterocycles. The van der Waals surface area contributed by atoms with E-state index in [1.54, 1.807) is 33.4 Å². The quantitative estimate of drug-likeness (QED) is 0.155. The van der Waals surface area contributed by atoms with Gasteiger partial charge in [-0.25, -0.2) is 0 Å². The monoisotopic (exact) mass is 912 g/mol. The molecule has 0 nitrogen and oxygen atoms in total. The maximum Gasteiger partial charge on any atom is -0.147 e. The summed E-state index contributed by atoms with van der Waals surface area (Å²) < 4.78 is 3.23. The number of hydrogen-bond acceptors (Lipinski definition) is 0. The van der Waals surface area contributed by atoms with Gasteiger partial charge in [0.05, 0.1) is 0 Å². The molecule has 1 aliphatic heterocycles. The molecule has 1 heterocycles. The van der Waals surface area contributed by atoms with E-state index < -0.39 is 20.0 Å². The molecule has 0 spiro atoms. The molecule has 4 aromatic rings. The van der Waals surface area contributed by atoms with E-state index in [-0.39, 0.29) is 35.6 Å². The Morgan fingerprint density at radius 1 is 0.528 bits per heavy atom. The van der Waals surface area contributed by atoms with E-state index in [0.29, 0.717) is 7.35 Å². The Morgan fingerprint density at radius 2 is 0.906 bits per heavy atom. The molecule has 0 radical (unpaired) electrons. The summed E-state index contributed by atoms with van der Waals surface area (Å²) >= 11 is -3.40. The summed E-state index contributed by atoms with van der Waals surface area (Å²) in [5, 5.41) is 0. The minimum Gasteiger partial charge on any atom is -0.147 e. The third kappa shape index (κ3) is 6.86. The minimum absolute atomic E-state index is 0. The Kier molecular flexibility index (Phi) is 11.8. The standard InChI is InChI=1S/2C22H25.C6H10.2ClH.Hf/c2*1-5-7-16-10-12-17(13-11-16)20-9-6-8-18-14-19(15-21(18)20)22(2,3)4;1-2-4-6-5-3-1;;;/h2*6,8-15H,5,7H2,1-4H3;1-2H,3-6H2;2*1H;. The van der Waals surface area contributed by atoms with Crippen molar-refractivity contribution in [2.24, 2.45) is 10.8 Å². The predicted molar refractivity (Wildman–Crippen MR) is 233 cm³/mol. The maximum absolute atomic E-state index is 3.40. The number of halogens is 2. The number of rotatable bonds is 8. The molecule has 8 rings (SSSR count). The second kappa shape index (κ2) is 15.4. The van der Waals surface area contributed by atoms with Gasteiger partial charge >= 0.3 is 316 Å². The summed E-state index contributed by atoms with van der Waals surface area (Å²) in [6, 6.07) is 33.9. The van der Waals surface area contributed by atoms with E-state index in [9.17, 15) is 0 Å². The first-order valence-corrected chi connectivity index (χ1v) is 28.7. The average molecular weight is 912 g/mol. The number of aryl methyl sites for hydroxylation is 2. The van der Waals surface area contributed by atoms with E-state index in [4.69, 9.17) is 0 Å². The van der Waals surface area contributed by atoms with E-state index in [0.717, 1.165) is 20.2 Å². The van der Waals surface area contributed by atoms with Crippen molar-refractivity contribution in [3.63, 3.8) is 0 Å². The first kappa shape index (κ1) is 40.5. The zero-order valence-electron chi connectivity index (χ0n) is 33.5. The van der Waals surface area contributed by atoms with Crippen LogP contribution in [0.15, 0.2) is 96.1 Å². The first-order chi connectivity index (χ1) is 24.5. The molecule has 0 N–H and O–H groups in total. The Balaban J connectivity index is 0.00000240. The van der Waals surface area contributed by atoms with Gasteiger partial charge in [-0.1, -0.05) is 0 Å². The van der Waals surface area contributed by atoms with Gasteiger partial charge < -0.3 is 0 Å². The SMILES string of the molecule is CCCc1ccc(-c2cccc3c2C=C(C(C)(C)C)[CH]3[Hf]2([CH]3C(C(C)(C)C)=Cc4c(-c5ccc(CCC)cc5)cccc43)[CH]3CCCC[CH]32)cc1.Cl.Cl. The summed E-state index contributed by atoms with van der Waals surface area (Å²) in [5.41, 5.74) is 18.8. The van der Waals surface area contributed by atoms with E-state index in [1.165, 1.54) is 71.9 Å². The first-order valence-electron chi connectivity index (χ1n) is 20.4. The van der Waals surface area contributed by atoms with Gasteiger partial charge in [0.2, 0.25) is 0 Å². The summed E-state index contributed by atoms with van der Waals surface area (Å²) in [4.78, 5) is 0. The van der Waals surface area contributed by atoms with E-state index >= 15 is 0 Å². The van der Waals surface area contributed by atoms with Crippen LogP contribution in [0, 0.1) is 10.8 Å². The van der Waals surface area contributed by atoms with Crippen molar-refractivity contribution in [3.8, 4) is 22.3 Å². The molecule has 4 unspecified atom stereocenters. The summed E-state index contributed by atoms with van der Waals surface area (Å²) in [7, 11) is 0. The van der Waals surface area contributed by atoms with E-state index in [2.05, 4.69) is 152 Å². The van der Waals surface area contributed by atoms with Gasteiger partial charge in [0.1, 0.15) is 0 Å². The van der Waals surface area contributed by atoms with Crippen molar-refractivity contribution < 1.29 is 20.0 Å². The normalized spacial score (nSPS) is 24.2. The Morgan fingerprint density at radius 3 is 1.25 bits per heavy atom. The fourth-order valence-electron chi connectivity index (χ4n) is 11.2. The van der Waals surface area contributed by atoms with Gasteiger partial charge in [-0.15, -0.1) is 24.8 Å². The fraction of sp³-hybridized carbons (Fsp3) is 0.440. The molecule has 3 aliphatic carbocycles. The molecular weight excluding hydrogens is 850 g/mol. The smallest absolute Gasteiger partial charge is 0.147 e. The maximum atomic E-state index is 2.73. The van der Waals surface area contributed by atoms with Gasteiger partial charge in [-0.2, -0.15) is 0 Å². The molecule has 0 aromatic heterocycles. The third-order valence-electron chi connectivity index (χ3n) is 13.4. The van der Waals surface area contributed by atoms with Crippen LogP contribution in [0.1, 0.15) is 135 Å². The molecule has 1 saturated carbocycles. The van der Waals surface area contributed by atoms with Crippen molar-refractivity contribution in [2.45, 2.75) is 121 Å². The number of benzene rings is 4. The van der Waals surface area contributed by atoms with Gasteiger partial charge in [-0.3, -0.25) is 0 Å². The third-order valence-corrected chi connectivity index (χ3v) is 37.9. The van der Waals surface area contributed by atoms with Gasteiger partial charge in [0, 0.05) is 0 Å². The van der Waals surface area contributed by atoms with Crippen molar-refractivity contribution >= 4 is 37.0 Å². The molecule has 2 fully saturated rings. The van der Waals surface area contributed by atoms with Crippen molar-refractivity contribution in [1.82, 2.24) is 0 Å². The molecule has 4 atom stereocenters. The van der Waals surface area contributed by atoms with Gasteiger partial charge in [0.15, 0.2) is 0 Å². The molecular formula is C50H62Cl2Hf. The molecule has 0 amide bonds. The van der Waals surface area contributed by atoms with Crippen LogP contribution in [0.25, 0.3) is 34.4 Å². The number of fused-ring (bicyclic) bond motifs is 3. The predicted octanol–water partition coefficient (Wildman–Crippen LogP) is 15.8. The topological polar surface area (TPSA) is 0 Å². The second-order valence-corrected chi connectivity index (χ2v) is 35.2. The van der Waals surface area contributed by atoms with Crippen molar-refractivity contribution in [1.29, 1.82) is 0 Å². The second-order valence-electron chi connectivity index (χ2n) is 18.6. The molecule has 3 heteroatoms. The summed E-state index contributed by atoms with van der Waals surface area (Å²) in [6.07, 6.45) is 15.9. The van der Waals surface area contributed by atoms with Crippen LogP contribution in [-0.2, 0) is 32.8 Å². The van der Waals surface area contributed by atoms with E-state index in [1.807, 2.05) is 0 Å². The largest absolute Gasteiger partial charge is 0.147 e. The van der Waals surface area contributed by atoms with Crippen molar-refractivity contribution in [2.75, 3.05) is 0 Å². The molecule has 4 aliphatic rings. The van der Waals surface area contributed by atoms with Crippen LogP contribution in [0.2, 0.25) is 7.35 Å². The van der Waals surface area contributed by atoms with Crippen LogP contribution in [0.3, 0.4) is 0 Å². The van der Waals surface area contributed by atoms with Gasteiger partial charge in [-0.05, 0) is 0 Å². The zero-order chi connectivity index (χ0) is 35.7. The Bertz CT molecular complexity index is 1850. The van der Waals surface area contributed by atoms with Crippen LogP contribution in [-0.4, -0.2) is 0 Å². The van der Waals surface area contributed by atoms with Crippen LogP contribution in [0.5, 0.6) is 0 Å². The fourth-order valence-corrected chi connectivity index (χ4v) is 48.0. The Labute approximate surface area is 338 Å². The summed E-state index contributed by atoms with van der Waals surface area (Å²) in [6.45, 7) is 19.7. The zero-order valence-corrected chi connectivity index (χ0v) is 38.7. The molecule has 0 bridgehead atoms. The summed E-state index contributed by atoms with van der Waals surface area (Å²) in [5.74, 6) is 0. The molecule has 4 aromatic carbocycles. The van der Waals surface area contributed by atoms with Crippen molar-refractivity contribution in [3.05, 3.63) is 129 Å². The van der Waals surface area contributed by atoms with Crippen LogP contribution in [0.4, 0.5) is 0 Å². The van der Waals surface area contributed by atoms with Crippen LogP contribution < -0.4 is 0 Å². The Hall–Kier alpha value is -2.19. The number of allylic oxidation sites excluding steroid dienone is 2. The van der Waals surface area contributed by atoms with Crippen LogP contribution >= 0.6 is 24.8 Å². The average Bonchev–Trinajstić information content (AvgIpc) is 3.37. The minimum atomic E-state index is -3.40. The molecule has 280 valence electrons. The number of hydrogen-bond donors (Lipinski definition) is 0.